The van der Waals surface area contributed by atoms with Crippen LogP contribution in [0.25, 0.3) is 22.9 Å². The topological polar surface area (TPSA) is 82.1 Å². The number of piperidine rings is 1. The quantitative estimate of drug-likeness (QED) is 0.275. The minimum Gasteiger partial charge on any atom is -0.490 e. The maximum atomic E-state index is 14.6. The van der Waals surface area contributed by atoms with Gasteiger partial charge in [0.05, 0.1) is 0 Å². The monoisotopic (exact) mass is 558 g/mol. The van der Waals surface area contributed by atoms with Crippen LogP contribution in [0.1, 0.15) is 36.7 Å². The highest BCUT2D eigenvalue weighted by Crippen LogP contribution is 2.45. The number of nitrogens with zero attached hydrogens (tertiary/aromatic N) is 5. The van der Waals surface area contributed by atoms with Gasteiger partial charge >= 0.3 is 12.1 Å². The molecule has 4 heterocycles. The van der Waals surface area contributed by atoms with Crippen LogP contribution in [0, 0.1) is 0 Å². The molecule has 4 aromatic rings. The lowest BCUT2D eigenvalue weighted by Gasteiger charge is -2.32. The van der Waals surface area contributed by atoms with Crippen LogP contribution in [0.5, 0.6) is 5.75 Å². The predicted octanol–water partition coefficient (Wildman–Crippen LogP) is 6.13. The molecule has 5 rings (SSSR count). The van der Waals surface area contributed by atoms with Gasteiger partial charge in [0, 0.05) is 37.7 Å². The van der Waals surface area contributed by atoms with Crippen molar-refractivity contribution in [3.63, 3.8) is 0 Å². The van der Waals surface area contributed by atoms with Crippen LogP contribution in [0.2, 0.25) is 0 Å². The first-order valence-corrected chi connectivity index (χ1v) is 12.7. The molecule has 7 nitrogen and oxygen atoms in total. The Labute approximate surface area is 227 Å². The van der Waals surface area contributed by atoms with Gasteiger partial charge in [0.2, 0.25) is 0 Å². The molecule has 0 atom stereocenters. The zero-order valence-electron chi connectivity index (χ0n) is 21.6. The van der Waals surface area contributed by atoms with E-state index < -0.39 is 17.9 Å². The van der Waals surface area contributed by atoms with Gasteiger partial charge in [-0.25, -0.2) is 15.0 Å². The van der Waals surface area contributed by atoms with Crippen molar-refractivity contribution < 1.29 is 26.7 Å². The third-order valence-corrected chi connectivity index (χ3v) is 6.70. The number of ether oxygens (including phenoxy) is 1. The third-order valence-electron chi connectivity index (χ3n) is 6.70. The SMILES string of the molecule is C/C=C/c1cnc2c(c1)nc(C(F)(F)C(F)(F)F)n2-c1ccc(OC2CCN(Cc3ccnc(N)c3)CC2)cc1. The Morgan fingerprint density at radius 3 is 2.40 bits per heavy atom. The molecule has 210 valence electrons. The van der Waals surface area contributed by atoms with E-state index in [9.17, 15) is 22.0 Å². The molecule has 1 fully saturated rings. The summed E-state index contributed by atoms with van der Waals surface area (Å²) in [7, 11) is 0. The first-order valence-electron chi connectivity index (χ1n) is 12.7. The molecule has 0 bridgehead atoms. The van der Waals surface area contributed by atoms with E-state index >= 15 is 0 Å². The number of nitrogen functional groups attached to an aromatic ring is 1. The van der Waals surface area contributed by atoms with E-state index in [-0.39, 0.29) is 23.0 Å². The van der Waals surface area contributed by atoms with E-state index in [2.05, 4.69) is 19.9 Å². The van der Waals surface area contributed by atoms with Crippen molar-refractivity contribution in [1.29, 1.82) is 0 Å². The third kappa shape index (κ3) is 5.62. The molecule has 3 aromatic heterocycles. The van der Waals surface area contributed by atoms with Crippen LogP contribution < -0.4 is 10.5 Å². The van der Waals surface area contributed by atoms with E-state index in [0.29, 0.717) is 17.1 Å². The summed E-state index contributed by atoms with van der Waals surface area (Å²) >= 11 is 0. The van der Waals surface area contributed by atoms with Crippen molar-refractivity contribution >= 4 is 23.1 Å². The van der Waals surface area contributed by atoms with E-state index in [0.717, 1.165) is 42.6 Å². The highest BCUT2D eigenvalue weighted by molar-refractivity contribution is 5.77. The fourth-order valence-electron chi connectivity index (χ4n) is 4.75. The van der Waals surface area contributed by atoms with Gasteiger partial charge in [0.1, 0.15) is 23.2 Å². The van der Waals surface area contributed by atoms with Gasteiger partial charge in [0.15, 0.2) is 11.5 Å². The number of hydrogen-bond acceptors (Lipinski definition) is 6. The molecule has 0 amide bonds. The van der Waals surface area contributed by atoms with Crippen molar-refractivity contribution in [2.24, 2.45) is 0 Å². The van der Waals surface area contributed by atoms with Gasteiger partial charge in [0.25, 0.3) is 0 Å². The van der Waals surface area contributed by atoms with Crippen molar-refractivity contribution in [2.45, 2.75) is 44.5 Å². The van der Waals surface area contributed by atoms with Crippen molar-refractivity contribution in [2.75, 3.05) is 18.8 Å². The summed E-state index contributed by atoms with van der Waals surface area (Å²) in [6.45, 7) is 4.12. The van der Waals surface area contributed by atoms with Gasteiger partial charge in [-0.15, -0.1) is 0 Å². The van der Waals surface area contributed by atoms with E-state index in [4.69, 9.17) is 10.5 Å². The summed E-state index contributed by atoms with van der Waals surface area (Å²) in [5.41, 5.74) is 7.25. The number of nitrogens with two attached hydrogens (primary N) is 1. The Hall–Kier alpha value is -4.06. The number of rotatable bonds is 7. The number of allylic oxidation sites excluding steroid dienone is 1. The number of likely N-dealkylation sites (tertiary alicyclic amines) is 1. The van der Waals surface area contributed by atoms with Crippen LogP contribution in [0.15, 0.2) is 60.9 Å². The predicted molar refractivity (Wildman–Crippen MR) is 141 cm³/mol. The number of aromatic nitrogens is 4. The molecule has 0 aliphatic carbocycles. The van der Waals surface area contributed by atoms with Crippen molar-refractivity contribution in [1.82, 2.24) is 24.4 Å². The van der Waals surface area contributed by atoms with Crippen LogP contribution in [0.3, 0.4) is 0 Å². The molecule has 0 radical (unpaired) electrons. The summed E-state index contributed by atoms with van der Waals surface area (Å²) in [5, 5.41) is 0. The summed E-state index contributed by atoms with van der Waals surface area (Å²) in [6.07, 6.45) is 2.08. The lowest BCUT2D eigenvalue weighted by molar-refractivity contribution is -0.292. The minimum absolute atomic E-state index is 0.0597. The fraction of sp³-hybridized carbons (Fsp3) is 0.321. The van der Waals surface area contributed by atoms with Crippen LogP contribution in [0.4, 0.5) is 27.8 Å². The van der Waals surface area contributed by atoms with Gasteiger partial charge in [-0.05, 0) is 73.4 Å². The Kier molecular flexibility index (Phi) is 7.45. The number of fused-ring (bicyclic) bond motifs is 1. The molecule has 1 aliphatic rings. The average Bonchev–Trinajstić information content (AvgIpc) is 3.29. The van der Waals surface area contributed by atoms with E-state index in [1.807, 2.05) is 12.1 Å². The molecule has 0 spiro atoms. The average molecular weight is 559 g/mol. The van der Waals surface area contributed by atoms with Gasteiger partial charge in [-0.2, -0.15) is 22.0 Å². The Bertz CT molecular complexity index is 1510. The van der Waals surface area contributed by atoms with Gasteiger partial charge < -0.3 is 10.5 Å². The summed E-state index contributed by atoms with van der Waals surface area (Å²) in [4.78, 5) is 14.1. The Morgan fingerprint density at radius 1 is 1.02 bits per heavy atom. The second-order valence-corrected chi connectivity index (χ2v) is 9.63. The number of alkyl halides is 5. The zero-order chi connectivity index (χ0) is 28.5. The molecule has 12 heteroatoms. The minimum atomic E-state index is -5.83. The lowest BCUT2D eigenvalue weighted by Crippen LogP contribution is -2.37. The van der Waals surface area contributed by atoms with Gasteiger partial charge in [-0.3, -0.25) is 9.47 Å². The van der Waals surface area contributed by atoms with Crippen LogP contribution in [-0.4, -0.2) is 49.8 Å². The smallest absolute Gasteiger partial charge is 0.461 e. The van der Waals surface area contributed by atoms with Gasteiger partial charge in [-0.1, -0.05) is 12.2 Å². The number of halogens is 5. The molecule has 2 N–H and O–H groups in total. The Balaban J connectivity index is 1.34. The van der Waals surface area contributed by atoms with Crippen molar-refractivity contribution in [3.8, 4) is 11.4 Å². The van der Waals surface area contributed by atoms with E-state index in [1.54, 1.807) is 37.4 Å². The first-order chi connectivity index (χ1) is 19.0. The molecule has 1 saturated heterocycles. The van der Waals surface area contributed by atoms with Crippen LogP contribution >= 0.6 is 0 Å². The largest absolute Gasteiger partial charge is 0.490 e. The molecular weight excluding hydrogens is 531 g/mol. The molecule has 40 heavy (non-hydrogen) atoms. The zero-order valence-corrected chi connectivity index (χ0v) is 21.6. The Morgan fingerprint density at radius 2 is 1.75 bits per heavy atom. The highest BCUT2D eigenvalue weighted by Gasteiger charge is 2.62. The molecule has 0 unspecified atom stereocenters. The summed E-state index contributed by atoms with van der Waals surface area (Å²) in [5.74, 6) is -5.68. The first kappa shape index (κ1) is 27.5. The summed E-state index contributed by atoms with van der Waals surface area (Å²) in [6, 6.07) is 11.2. The standard InChI is InChI=1S/C28H27F5N6O/c1-2-3-18-14-23-25(36-16-18)39(26(37-23)27(29,30)28(31,32)33)20-4-6-21(7-5-20)40-22-9-12-38(13-10-22)17-19-8-11-35-24(34)15-19/h2-8,11,14-16,22H,9-10,12-13,17H2,1H3,(H2,34,35)/b3-2+. The lowest BCUT2D eigenvalue weighted by atomic mass is 10.1. The second-order valence-electron chi connectivity index (χ2n) is 9.63. The molecule has 1 aliphatic heterocycles. The van der Waals surface area contributed by atoms with E-state index in [1.165, 1.54) is 24.4 Å². The maximum Gasteiger partial charge on any atom is 0.461 e. The number of anilines is 1. The normalized spacial score (nSPS) is 15.8. The molecule has 0 saturated carbocycles. The summed E-state index contributed by atoms with van der Waals surface area (Å²) < 4.78 is 76.1. The highest BCUT2D eigenvalue weighted by atomic mass is 19.4. The molecule has 1 aromatic carbocycles. The maximum absolute atomic E-state index is 14.6. The van der Waals surface area contributed by atoms with Crippen molar-refractivity contribution in [3.05, 3.63) is 77.9 Å². The number of benzene rings is 1. The number of pyridine rings is 2. The number of imidazole rings is 1. The number of hydrogen-bond donors (Lipinski definition) is 1. The fourth-order valence-corrected chi connectivity index (χ4v) is 4.75. The second kappa shape index (κ2) is 10.8. The molecular formula is C28H27F5N6O. The van der Waals surface area contributed by atoms with Crippen LogP contribution in [-0.2, 0) is 12.5 Å².